The molecule has 0 aliphatic heterocycles. The molecule has 23 heavy (non-hydrogen) atoms. The lowest BCUT2D eigenvalue weighted by Gasteiger charge is -2.03. The molecule has 0 aliphatic rings. The van der Waals surface area contributed by atoms with Crippen LogP contribution in [0.3, 0.4) is 0 Å². The second kappa shape index (κ2) is 4.94. The first kappa shape index (κ1) is 13.5. The fraction of sp³-hybridized carbons (Fsp3) is 0.0667. The van der Waals surface area contributed by atoms with Gasteiger partial charge in [-0.15, -0.1) is 0 Å². The second-order valence-corrected chi connectivity index (χ2v) is 4.92. The summed E-state index contributed by atoms with van der Waals surface area (Å²) in [6.45, 7) is 0. The van der Waals surface area contributed by atoms with Gasteiger partial charge in [0.25, 0.3) is 5.78 Å². The number of aromatic amines is 1. The second-order valence-electron chi connectivity index (χ2n) is 4.92. The molecule has 0 fully saturated rings. The van der Waals surface area contributed by atoms with E-state index < -0.39 is 11.6 Å². The van der Waals surface area contributed by atoms with Crippen molar-refractivity contribution >= 4 is 28.4 Å². The van der Waals surface area contributed by atoms with E-state index in [-0.39, 0.29) is 5.69 Å². The Morgan fingerprint density at radius 2 is 2.00 bits per heavy atom. The van der Waals surface area contributed by atoms with Crippen LogP contribution in [0.1, 0.15) is 0 Å². The van der Waals surface area contributed by atoms with Crippen molar-refractivity contribution in [1.82, 2.24) is 19.6 Å². The molecule has 0 saturated heterocycles. The standard InChI is InChI=1S/C15H11F2N5O/c1-23-9-3-5-13-12(7-9)19-15-20-14(21-22(13)15)18-11-4-2-8(16)6-10(11)17/h2-7H,1H3,(H2,18,19,20,21). The number of anilines is 2. The first-order chi connectivity index (χ1) is 11.1. The number of rotatable bonds is 3. The van der Waals surface area contributed by atoms with Crippen LogP contribution < -0.4 is 10.1 Å². The van der Waals surface area contributed by atoms with Crippen LogP contribution in [0.2, 0.25) is 0 Å². The van der Waals surface area contributed by atoms with E-state index in [1.807, 2.05) is 12.1 Å². The molecule has 0 radical (unpaired) electrons. The number of halogens is 2. The maximum absolute atomic E-state index is 13.7. The zero-order chi connectivity index (χ0) is 16.0. The molecule has 6 nitrogen and oxygen atoms in total. The molecule has 2 aromatic heterocycles. The Bertz CT molecular complexity index is 1020. The molecule has 0 spiro atoms. The van der Waals surface area contributed by atoms with Gasteiger partial charge in [-0.05, 0) is 24.3 Å². The van der Waals surface area contributed by atoms with Gasteiger partial charge in [-0.1, -0.05) is 0 Å². The maximum atomic E-state index is 13.7. The van der Waals surface area contributed by atoms with Gasteiger partial charge < -0.3 is 10.1 Å². The summed E-state index contributed by atoms with van der Waals surface area (Å²) in [6, 6.07) is 8.72. The molecule has 0 bridgehead atoms. The van der Waals surface area contributed by atoms with Crippen LogP contribution in [0, 0.1) is 11.6 Å². The number of nitrogens with one attached hydrogen (secondary N) is 2. The summed E-state index contributed by atoms with van der Waals surface area (Å²) in [7, 11) is 1.58. The SMILES string of the molecule is COc1ccc2c(c1)nc1nc(Nc3ccc(F)cc3F)[nH]n12. The van der Waals surface area contributed by atoms with Crippen molar-refractivity contribution in [1.29, 1.82) is 0 Å². The van der Waals surface area contributed by atoms with E-state index in [0.717, 1.165) is 17.1 Å². The van der Waals surface area contributed by atoms with Crippen LogP contribution in [0.4, 0.5) is 20.4 Å². The first-order valence-electron chi connectivity index (χ1n) is 6.78. The van der Waals surface area contributed by atoms with Crippen molar-refractivity contribution in [3.05, 3.63) is 48.0 Å². The van der Waals surface area contributed by atoms with Gasteiger partial charge in [-0.3, -0.25) is 5.10 Å². The predicted molar refractivity (Wildman–Crippen MR) is 81.0 cm³/mol. The van der Waals surface area contributed by atoms with E-state index in [1.165, 1.54) is 12.1 Å². The normalized spacial score (nSPS) is 11.3. The zero-order valence-electron chi connectivity index (χ0n) is 12.0. The molecule has 4 rings (SSSR count). The third-order valence-corrected chi connectivity index (χ3v) is 3.46. The summed E-state index contributed by atoms with van der Waals surface area (Å²) in [5.74, 6) is 0.0925. The fourth-order valence-electron chi connectivity index (χ4n) is 2.36. The van der Waals surface area contributed by atoms with E-state index in [9.17, 15) is 8.78 Å². The van der Waals surface area contributed by atoms with E-state index in [4.69, 9.17) is 4.74 Å². The Morgan fingerprint density at radius 1 is 1.13 bits per heavy atom. The molecule has 0 saturated carbocycles. The Labute approximate surface area is 128 Å². The van der Waals surface area contributed by atoms with Crippen LogP contribution in [0.5, 0.6) is 5.75 Å². The van der Waals surface area contributed by atoms with E-state index >= 15 is 0 Å². The van der Waals surface area contributed by atoms with Gasteiger partial charge in [0.1, 0.15) is 17.4 Å². The average Bonchev–Trinajstić information content (AvgIpc) is 3.06. The van der Waals surface area contributed by atoms with Crippen LogP contribution in [-0.2, 0) is 0 Å². The van der Waals surface area contributed by atoms with E-state index in [2.05, 4.69) is 20.4 Å². The Kier molecular flexibility index (Phi) is 2.90. The van der Waals surface area contributed by atoms with Gasteiger partial charge in [-0.2, -0.15) is 4.98 Å². The van der Waals surface area contributed by atoms with Crippen LogP contribution in [-0.4, -0.2) is 26.7 Å². The van der Waals surface area contributed by atoms with Gasteiger partial charge >= 0.3 is 0 Å². The van der Waals surface area contributed by atoms with Gasteiger partial charge in [0.05, 0.1) is 23.8 Å². The van der Waals surface area contributed by atoms with E-state index in [1.54, 1.807) is 17.7 Å². The Hall–Kier alpha value is -3.16. The molecule has 0 aliphatic carbocycles. The molecule has 0 amide bonds. The molecule has 8 heteroatoms. The van der Waals surface area contributed by atoms with Crippen molar-refractivity contribution in [2.45, 2.75) is 0 Å². The summed E-state index contributed by atoms with van der Waals surface area (Å²) in [4.78, 5) is 8.62. The molecular formula is C15H11F2N5O. The Morgan fingerprint density at radius 3 is 2.78 bits per heavy atom. The highest BCUT2D eigenvalue weighted by Crippen LogP contribution is 2.23. The van der Waals surface area contributed by atoms with Crippen LogP contribution >= 0.6 is 0 Å². The van der Waals surface area contributed by atoms with Crippen molar-refractivity contribution < 1.29 is 13.5 Å². The van der Waals surface area contributed by atoms with Gasteiger partial charge in [0, 0.05) is 12.1 Å². The molecule has 0 unspecified atom stereocenters. The quantitative estimate of drug-likeness (QED) is 0.609. The molecule has 116 valence electrons. The number of benzene rings is 2. The molecule has 2 N–H and O–H groups in total. The number of nitrogens with zero attached hydrogens (tertiary/aromatic N) is 3. The summed E-state index contributed by atoms with van der Waals surface area (Å²) >= 11 is 0. The lowest BCUT2D eigenvalue weighted by Crippen LogP contribution is -1.97. The first-order valence-corrected chi connectivity index (χ1v) is 6.78. The monoisotopic (exact) mass is 315 g/mol. The van der Waals surface area contributed by atoms with Crippen molar-refractivity contribution in [2.24, 2.45) is 0 Å². The highest BCUT2D eigenvalue weighted by Gasteiger charge is 2.12. The lowest BCUT2D eigenvalue weighted by atomic mass is 10.3. The van der Waals surface area contributed by atoms with Crippen LogP contribution in [0.25, 0.3) is 16.8 Å². The average molecular weight is 315 g/mol. The molecule has 2 heterocycles. The molecule has 0 atom stereocenters. The third kappa shape index (κ3) is 2.24. The largest absolute Gasteiger partial charge is 0.497 e. The zero-order valence-corrected chi connectivity index (χ0v) is 12.0. The minimum Gasteiger partial charge on any atom is -0.497 e. The van der Waals surface area contributed by atoms with Crippen molar-refractivity contribution in [2.75, 3.05) is 12.4 Å². The fourth-order valence-corrected chi connectivity index (χ4v) is 2.36. The summed E-state index contributed by atoms with van der Waals surface area (Å²) in [6.07, 6.45) is 0. The molecule has 4 aromatic rings. The Balaban J connectivity index is 1.74. The number of H-pyrrole nitrogens is 1. The van der Waals surface area contributed by atoms with Crippen LogP contribution in [0.15, 0.2) is 36.4 Å². The minimum atomic E-state index is -0.700. The summed E-state index contributed by atoms with van der Waals surface area (Å²) in [5, 5.41) is 5.75. The minimum absolute atomic E-state index is 0.120. The number of imidazole rings is 1. The topological polar surface area (TPSA) is 67.2 Å². The highest BCUT2D eigenvalue weighted by atomic mass is 19.1. The van der Waals surface area contributed by atoms with Crippen molar-refractivity contribution in [3.63, 3.8) is 0 Å². The number of hydrogen-bond acceptors (Lipinski definition) is 4. The smallest absolute Gasteiger partial charge is 0.253 e. The van der Waals surface area contributed by atoms with Crippen molar-refractivity contribution in [3.8, 4) is 5.75 Å². The van der Waals surface area contributed by atoms with Gasteiger partial charge in [0.2, 0.25) is 5.95 Å². The summed E-state index contributed by atoms with van der Waals surface area (Å²) < 4.78 is 33.4. The summed E-state index contributed by atoms with van der Waals surface area (Å²) in [5.41, 5.74) is 1.65. The lowest BCUT2D eigenvalue weighted by molar-refractivity contribution is 0.415. The third-order valence-electron chi connectivity index (χ3n) is 3.46. The van der Waals surface area contributed by atoms with E-state index in [0.29, 0.717) is 17.5 Å². The maximum Gasteiger partial charge on any atom is 0.253 e. The number of ether oxygens (including phenoxy) is 1. The number of hydrogen-bond donors (Lipinski definition) is 2. The highest BCUT2D eigenvalue weighted by molar-refractivity contribution is 5.81. The predicted octanol–water partition coefficient (Wildman–Crippen LogP) is 3.24. The molecule has 2 aromatic carbocycles. The number of aromatic nitrogens is 4. The number of methoxy groups -OCH3 is 1. The molecular weight excluding hydrogens is 304 g/mol. The van der Waals surface area contributed by atoms with Gasteiger partial charge in [-0.25, -0.2) is 18.3 Å². The number of fused-ring (bicyclic) bond motifs is 3. The van der Waals surface area contributed by atoms with Gasteiger partial charge in [0.15, 0.2) is 0 Å².